The van der Waals surface area contributed by atoms with Crippen molar-refractivity contribution >= 4 is 28.4 Å². The summed E-state index contributed by atoms with van der Waals surface area (Å²) in [5.41, 5.74) is 1.77. The Labute approximate surface area is 188 Å². The molecule has 0 aliphatic carbocycles. The smallest absolute Gasteiger partial charge is 0.321 e. The minimum Gasteiger partial charge on any atom is -0.497 e. The average molecular weight is 432 g/mol. The molecule has 1 heterocycles. The van der Waals surface area contributed by atoms with Crippen molar-refractivity contribution in [3.63, 3.8) is 0 Å². The first-order valence-electron chi connectivity index (χ1n) is 11.0. The molecule has 0 bridgehead atoms. The highest BCUT2D eigenvalue weighted by atomic mass is 16.5. The van der Waals surface area contributed by atoms with E-state index in [0.29, 0.717) is 13.1 Å². The summed E-state index contributed by atoms with van der Waals surface area (Å²) in [6.07, 6.45) is 1.50. The second-order valence-electron chi connectivity index (χ2n) is 8.26. The zero-order chi connectivity index (χ0) is 22.5. The first kappa shape index (κ1) is 21.7. The second-order valence-corrected chi connectivity index (χ2v) is 8.26. The number of piperidine rings is 1. The topological polar surface area (TPSA) is 70.7 Å². The molecule has 0 aromatic heterocycles. The SMILES string of the molecule is COc1ccc2cc([C@H](C)C(=O)NC3CCN(C(=O)Nc4ccccc4)CC3)ccc2c1. The molecule has 0 spiro atoms. The van der Waals surface area contributed by atoms with Crippen LogP contribution in [0, 0.1) is 0 Å². The number of carbonyl (C=O) groups is 2. The minimum absolute atomic E-state index is 0.0186. The standard InChI is InChI=1S/C26H29N3O3/c1-18(19-8-9-21-17-24(32-2)11-10-20(21)16-19)25(30)27-23-12-14-29(15-13-23)26(31)28-22-6-4-3-5-7-22/h3-11,16-18,23H,12-15H2,1-2H3,(H,27,30)(H,28,31)/t18-/m0/s1. The number of hydrogen-bond acceptors (Lipinski definition) is 3. The van der Waals surface area contributed by atoms with Crippen molar-refractivity contribution in [2.45, 2.75) is 31.7 Å². The molecule has 3 amide bonds. The Kier molecular flexibility index (Phi) is 6.59. The highest BCUT2D eigenvalue weighted by Crippen LogP contribution is 2.25. The van der Waals surface area contributed by atoms with E-state index in [-0.39, 0.29) is 23.9 Å². The summed E-state index contributed by atoms with van der Waals surface area (Å²) in [5, 5.41) is 8.26. The molecule has 3 aromatic carbocycles. The molecule has 1 fully saturated rings. The third-order valence-corrected chi connectivity index (χ3v) is 6.12. The maximum absolute atomic E-state index is 12.9. The van der Waals surface area contributed by atoms with Crippen LogP contribution in [0.2, 0.25) is 0 Å². The van der Waals surface area contributed by atoms with E-state index in [9.17, 15) is 9.59 Å². The van der Waals surface area contributed by atoms with Gasteiger partial charge in [0.2, 0.25) is 5.91 Å². The van der Waals surface area contributed by atoms with E-state index in [4.69, 9.17) is 4.74 Å². The second kappa shape index (κ2) is 9.73. The van der Waals surface area contributed by atoms with Gasteiger partial charge in [0.15, 0.2) is 0 Å². The summed E-state index contributed by atoms with van der Waals surface area (Å²) in [5.74, 6) is 0.589. The van der Waals surface area contributed by atoms with Gasteiger partial charge in [0.1, 0.15) is 5.75 Å². The molecule has 6 heteroatoms. The molecule has 0 radical (unpaired) electrons. The summed E-state index contributed by atoms with van der Waals surface area (Å²) in [6, 6.07) is 21.5. The average Bonchev–Trinajstić information content (AvgIpc) is 2.83. The Morgan fingerprint density at radius 2 is 1.66 bits per heavy atom. The fourth-order valence-electron chi connectivity index (χ4n) is 4.07. The molecule has 1 saturated heterocycles. The van der Waals surface area contributed by atoms with Crippen LogP contribution in [0.4, 0.5) is 10.5 Å². The number of methoxy groups -OCH3 is 1. The zero-order valence-electron chi connectivity index (χ0n) is 18.5. The normalized spacial score (nSPS) is 15.2. The molecule has 0 unspecified atom stereocenters. The molecule has 2 N–H and O–H groups in total. The van der Waals surface area contributed by atoms with E-state index in [0.717, 1.165) is 40.6 Å². The van der Waals surface area contributed by atoms with Crippen LogP contribution >= 0.6 is 0 Å². The van der Waals surface area contributed by atoms with Gasteiger partial charge in [-0.1, -0.05) is 42.5 Å². The van der Waals surface area contributed by atoms with Crippen molar-refractivity contribution < 1.29 is 14.3 Å². The van der Waals surface area contributed by atoms with Crippen molar-refractivity contribution in [1.82, 2.24) is 10.2 Å². The van der Waals surface area contributed by atoms with Crippen molar-refractivity contribution in [1.29, 1.82) is 0 Å². The van der Waals surface area contributed by atoms with Gasteiger partial charge >= 0.3 is 6.03 Å². The lowest BCUT2D eigenvalue weighted by Gasteiger charge is -2.33. The Bertz CT molecular complexity index is 1090. The lowest BCUT2D eigenvalue weighted by Crippen LogP contribution is -2.48. The molecule has 1 aliphatic rings. The maximum Gasteiger partial charge on any atom is 0.321 e. The summed E-state index contributed by atoms with van der Waals surface area (Å²) < 4.78 is 5.28. The predicted molar refractivity (Wildman–Crippen MR) is 127 cm³/mol. The molecular weight excluding hydrogens is 402 g/mol. The third kappa shape index (κ3) is 5.02. The number of para-hydroxylation sites is 1. The number of ether oxygens (including phenoxy) is 1. The molecule has 4 rings (SSSR count). The fourth-order valence-corrected chi connectivity index (χ4v) is 4.07. The molecular formula is C26H29N3O3. The van der Waals surface area contributed by atoms with Gasteiger partial charge in [-0.3, -0.25) is 4.79 Å². The number of hydrogen-bond donors (Lipinski definition) is 2. The largest absolute Gasteiger partial charge is 0.497 e. The number of benzene rings is 3. The Morgan fingerprint density at radius 1 is 0.969 bits per heavy atom. The summed E-state index contributed by atoms with van der Waals surface area (Å²) in [7, 11) is 1.65. The van der Waals surface area contributed by atoms with Crippen LogP contribution in [0.3, 0.4) is 0 Å². The molecule has 0 saturated carbocycles. The van der Waals surface area contributed by atoms with Gasteiger partial charge in [0.05, 0.1) is 13.0 Å². The van der Waals surface area contributed by atoms with E-state index < -0.39 is 0 Å². The van der Waals surface area contributed by atoms with Gasteiger partial charge < -0.3 is 20.3 Å². The van der Waals surface area contributed by atoms with Crippen LogP contribution in [0.25, 0.3) is 10.8 Å². The van der Waals surface area contributed by atoms with Crippen molar-refractivity contribution in [2.24, 2.45) is 0 Å². The van der Waals surface area contributed by atoms with Crippen LogP contribution in [0.1, 0.15) is 31.2 Å². The lowest BCUT2D eigenvalue weighted by atomic mass is 9.96. The Balaban J connectivity index is 1.30. The number of rotatable bonds is 5. The first-order valence-corrected chi connectivity index (χ1v) is 11.0. The van der Waals surface area contributed by atoms with Gasteiger partial charge in [-0.2, -0.15) is 0 Å². The highest BCUT2D eigenvalue weighted by molar-refractivity contribution is 5.90. The lowest BCUT2D eigenvalue weighted by molar-refractivity contribution is -0.123. The number of fused-ring (bicyclic) bond motifs is 1. The zero-order valence-corrected chi connectivity index (χ0v) is 18.5. The van der Waals surface area contributed by atoms with E-state index in [2.05, 4.69) is 16.7 Å². The molecule has 32 heavy (non-hydrogen) atoms. The Hall–Kier alpha value is -3.54. The van der Waals surface area contributed by atoms with Crippen molar-refractivity contribution in [3.8, 4) is 5.75 Å². The van der Waals surface area contributed by atoms with Gasteiger partial charge in [-0.05, 0) is 60.4 Å². The highest BCUT2D eigenvalue weighted by Gasteiger charge is 2.25. The predicted octanol–water partition coefficient (Wildman–Crippen LogP) is 4.76. The van der Waals surface area contributed by atoms with E-state index >= 15 is 0 Å². The van der Waals surface area contributed by atoms with Gasteiger partial charge in [0.25, 0.3) is 0 Å². The minimum atomic E-state index is -0.249. The molecule has 166 valence electrons. The van der Waals surface area contributed by atoms with Gasteiger partial charge in [-0.25, -0.2) is 4.79 Å². The summed E-state index contributed by atoms with van der Waals surface area (Å²) in [4.78, 5) is 27.1. The van der Waals surface area contributed by atoms with Crippen molar-refractivity contribution in [2.75, 3.05) is 25.5 Å². The number of likely N-dealkylation sites (tertiary alicyclic amines) is 1. The van der Waals surface area contributed by atoms with E-state index in [1.54, 1.807) is 12.0 Å². The van der Waals surface area contributed by atoms with Crippen LogP contribution in [-0.2, 0) is 4.79 Å². The van der Waals surface area contributed by atoms with Gasteiger partial charge in [-0.15, -0.1) is 0 Å². The monoisotopic (exact) mass is 431 g/mol. The Morgan fingerprint density at radius 3 is 2.38 bits per heavy atom. The molecule has 1 aliphatic heterocycles. The van der Waals surface area contributed by atoms with Crippen molar-refractivity contribution in [3.05, 3.63) is 72.3 Å². The number of urea groups is 1. The van der Waals surface area contributed by atoms with Crippen LogP contribution in [0.5, 0.6) is 5.75 Å². The quantitative estimate of drug-likeness (QED) is 0.612. The van der Waals surface area contributed by atoms with Crippen LogP contribution in [0.15, 0.2) is 66.7 Å². The van der Waals surface area contributed by atoms with Gasteiger partial charge in [0, 0.05) is 24.8 Å². The summed E-state index contributed by atoms with van der Waals surface area (Å²) >= 11 is 0. The van der Waals surface area contributed by atoms with Crippen LogP contribution in [-0.4, -0.2) is 43.1 Å². The number of amides is 3. The fraction of sp³-hybridized carbons (Fsp3) is 0.308. The number of nitrogens with zero attached hydrogens (tertiary/aromatic N) is 1. The number of nitrogens with one attached hydrogen (secondary N) is 2. The van der Waals surface area contributed by atoms with E-state index in [1.807, 2.05) is 67.6 Å². The third-order valence-electron chi connectivity index (χ3n) is 6.12. The maximum atomic E-state index is 12.9. The molecule has 3 aromatic rings. The first-order chi connectivity index (χ1) is 15.5. The number of anilines is 1. The molecule has 1 atom stereocenters. The van der Waals surface area contributed by atoms with Crippen LogP contribution < -0.4 is 15.4 Å². The number of carbonyl (C=O) groups excluding carboxylic acids is 2. The van der Waals surface area contributed by atoms with E-state index in [1.165, 1.54) is 0 Å². The molecule has 6 nitrogen and oxygen atoms in total. The summed E-state index contributed by atoms with van der Waals surface area (Å²) in [6.45, 7) is 3.17.